The number of methoxy groups -OCH3 is 1. The zero-order valence-electron chi connectivity index (χ0n) is 15.9. The van der Waals surface area contributed by atoms with Gasteiger partial charge in [-0.1, -0.05) is 35.6 Å². The van der Waals surface area contributed by atoms with Crippen molar-refractivity contribution in [3.8, 4) is 17.1 Å². The fraction of sp³-hybridized carbons (Fsp3) is 0.0476. The standard InChI is InChI=1S/C21H13ClN2O5S2/c1-28-14-5-2-12(3-6-14)23-20(25)19(31-21(23)30)11-15-7-9-18(29-15)16-10-13(24(26)27)4-8-17(16)22/h2-11H,1H3/b19-11+. The molecule has 1 amide bonds. The molecule has 10 heteroatoms. The number of hydrogen-bond donors (Lipinski definition) is 0. The number of rotatable bonds is 5. The Hall–Kier alpha value is -3.14. The van der Waals surface area contributed by atoms with Crippen molar-refractivity contribution in [1.82, 2.24) is 0 Å². The van der Waals surface area contributed by atoms with E-state index in [-0.39, 0.29) is 11.6 Å². The molecule has 2 heterocycles. The number of hydrogen-bond acceptors (Lipinski definition) is 7. The van der Waals surface area contributed by atoms with E-state index in [0.717, 1.165) is 11.8 Å². The molecule has 1 saturated heterocycles. The second-order valence-electron chi connectivity index (χ2n) is 6.34. The van der Waals surface area contributed by atoms with Crippen molar-refractivity contribution >= 4 is 63.3 Å². The minimum absolute atomic E-state index is 0.0993. The van der Waals surface area contributed by atoms with Crippen molar-refractivity contribution in [2.24, 2.45) is 0 Å². The molecule has 1 fully saturated rings. The summed E-state index contributed by atoms with van der Waals surface area (Å²) in [4.78, 5) is 25.3. The van der Waals surface area contributed by atoms with Gasteiger partial charge in [0, 0.05) is 23.8 Å². The molecule has 2 aromatic carbocycles. The van der Waals surface area contributed by atoms with Gasteiger partial charge in [-0.25, -0.2) is 0 Å². The zero-order chi connectivity index (χ0) is 22.1. The summed E-state index contributed by atoms with van der Waals surface area (Å²) in [6.45, 7) is 0. The predicted molar refractivity (Wildman–Crippen MR) is 124 cm³/mol. The number of benzene rings is 2. The average Bonchev–Trinajstić information content (AvgIpc) is 3.32. The number of thiocarbonyl (C=S) groups is 1. The molecular weight excluding hydrogens is 460 g/mol. The molecule has 0 spiro atoms. The molecule has 1 aliphatic heterocycles. The van der Waals surface area contributed by atoms with Crippen LogP contribution >= 0.6 is 35.6 Å². The van der Waals surface area contributed by atoms with Gasteiger partial charge in [-0.15, -0.1) is 0 Å². The second-order valence-corrected chi connectivity index (χ2v) is 8.42. The molecule has 1 aromatic heterocycles. The number of nitro groups is 1. The third kappa shape index (κ3) is 4.20. The third-order valence-electron chi connectivity index (χ3n) is 4.45. The van der Waals surface area contributed by atoms with Gasteiger partial charge in [0.25, 0.3) is 11.6 Å². The topological polar surface area (TPSA) is 85.8 Å². The van der Waals surface area contributed by atoms with Gasteiger partial charge in [-0.3, -0.25) is 19.8 Å². The van der Waals surface area contributed by atoms with E-state index in [1.54, 1.807) is 49.6 Å². The predicted octanol–water partition coefficient (Wildman–Crippen LogP) is 5.92. The van der Waals surface area contributed by atoms with Gasteiger partial charge in [0.2, 0.25) is 0 Å². The second kappa shape index (κ2) is 8.54. The Bertz CT molecular complexity index is 1240. The van der Waals surface area contributed by atoms with E-state index >= 15 is 0 Å². The molecule has 0 N–H and O–H groups in total. The number of furan rings is 1. The number of anilines is 1. The molecule has 31 heavy (non-hydrogen) atoms. The van der Waals surface area contributed by atoms with Gasteiger partial charge >= 0.3 is 0 Å². The molecule has 0 aliphatic carbocycles. The summed E-state index contributed by atoms with van der Waals surface area (Å²) < 4.78 is 11.3. The number of ether oxygens (including phenoxy) is 1. The molecular formula is C21H13ClN2O5S2. The van der Waals surface area contributed by atoms with Crippen LogP contribution in [0.2, 0.25) is 5.02 Å². The lowest BCUT2D eigenvalue weighted by Gasteiger charge is -2.14. The van der Waals surface area contributed by atoms with Gasteiger partial charge in [-0.2, -0.15) is 0 Å². The number of nitro benzene ring substituents is 1. The summed E-state index contributed by atoms with van der Waals surface area (Å²) in [6, 6.07) is 14.4. The van der Waals surface area contributed by atoms with Crippen molar-refractivity contribution in [3.63, 3.8) is 0 Å². The van der Waals surface area contributed by atoms with Crippen LogP contribution in [0.1, 0.15) is 5.76 Å². The zero-order valence-corrected chi connectivity index (χ0v) is 18.3. The van der Waals surface area contributed by atoms with Crippen molar-refractivity contribution in [3.05, 3.63) is 80.4 Å². The van der Waals surface area contributed by atoms with E-state index in [0.29, 0.717) is 42.8 Å². The van der Waals surface area contributed by atoms with E-state index in [9.17, 15) is 14.9 Å². The van der Waals surface area contributed by atoms with Crippen molar-refractivity contribution < 1.29 is 18.9 Å². The first kappa shape index (κ1) is 21.1. The summed E-state index contributed by atoms with van der Waals surface area (Å²) in [5, 5.41) is 11.4. The lowest BCUT2D eigenvalue weighted by molar-refractivity contribution is -0.384. The lowest BCUT2D eigenvalue weighted by Crippen LogP contribution is -2.27. The highest BCUT2D eigenvalue weighted by molar-refractivity contribution is 8.27. The number of non-ortho nitro benzene ring substituents is 1. The van der Waals surface area contributed by atoms with Gasteiger partial charge in [0.1, 0.15) is 17.3 Å². The Kier molecular flexibility index (Phi) is 5.81. The molecule has 1 aliphatic rings. The smallest absolute Gasteiger partial charge is 0.270 e. The third-order valence-corrected chi connectivity index (χ3v) is 6.08. The van der Waals surface area contributed by atoms with E-state index in [1.807, 2.05) is 0 Å². The molecule has 3 aromatic rings. The van der Waals surface area contributed by atoms with Crippen molar-refractivity contribution in [1.29, 1.82) is 0 Å². The molecule has 7 nitrogen and oxygen atoms in total. The van der Waals surface area contributed by atoms with Gasteiger partial charge < -0.3 is 9.15 Å². The van der Waals surface area contributed by atoms with Crippen LogP contribution in [0, 0.1) is 10.1 Å². The molecule has 0 radical (unpaired) electrons. The van der Waals surface area contributed by atoms with Crippen LogP contribution in [0.15, 0.2) is 63.9 Å². The largest absolute Gasteiger partial charge is 0.497 e. The number of amides is 1. The Morgan fingerprint density at radius 1 is 1.19 bits per heavy atom. The monoisotopic (exact) mass is 472 g/mol. The average molecular weight is 473 g/mol. The van der Waals surface area contributed by atoms with Crippen LogP contribution in [0.4, 0.5) is 11.4 Å². The van der Waals surface area contributed by atoms with Crippen LogP contribution < -0.4 is 9.64 Å². The maximum atomic E-state index is 12.9. The van der Waals surface area contributed by atoms with E-state index in [1.165, 1.54) is 23.1 Å². The Balaban J connectivity index is 1.61. The van der Waals surface area contributed by atoms with Crippen molar-refractivity contribution in [2.75, 3.05) is 12.0 Å². The summed E-state index contributed by atoms with van der Waals surface area (Å²) >= 11 is 12.7. The summed E-state index contributed by atoms with van der Waals surface area (Å²) in [6.07, 6.45) is 1.58. The van der Waals surface area contributed by atoms with E-state index in [4.69, 9.17) is 33.0 Å². The highest BCUT2D eigenvalue weighted by Crippen LogP contribution is 2.38. The van der Waals surface area contributed by atoms with Crippen LogP contribution in [-0.4, -0.2) is 22.3 Å². The number of carbonyl (C=O) groups is 1. The normalized spacial score (nSPS) is 15.0. The quantitative estimate of drug-likeness (QED) is 0.197. The number of nitrogens with zero attached hydrogens (tertiary/aromatic N) is 2. The number of thioether (sulfide) groups is 1. The molecule has 156 valence electrons. The number of halogens is 1. The van der Waals surface area contributed by atoms with Crippen LogP contribution in [0.5, 0.6) is 5.75 Å². The minimum atomic E-state index is -0.506. The Labute approximate surface area is 191 Å². The van der Waals surface area contributed by atoms with Crippen molar-refractivity contribution in [2.45, 2.75) is 0 Å². The van der Waals surface area contributed by atoms with Gasteiger partial charge in [0.15, 0.2) is 4.32 Å². The van der Waals surface area contributed by atoms with Crippen LogP contribution in [0.25, 0.3) is 17.4 Å². The first-order valence-electron chi connectivity index (χ1n) is 8.83. The molecule has 0 bridgehead atoms. The highest BCUT2D eigenvalue weighted by atomic mass is 35.5. The van der Waals surface area contributed by atoms with Crippen LogP contribution in [0.3, 0.4) is 0 Å². The fourth-order valence-electron chi connectivity index (χ4n) is 2.94. The van der Waals surface area contributed by atoms with E-state index in [2.05, 4.69) is 0 Å². The fourth-order valence-corrected chi connectivity index (χ4v) is 4.43. The number of carbonyl (C=O) groups excluding carboxylic acids is 1. The summed E-state index contributed by atoms with van der Waals surface area (Å²) in [7, 11) is 1.57. The molecule has 4 rings (SSSR count). The minimum Gasteiger partial charge on any atom is -0.497 e. The molecule has 0 unspecified atom stereocenters. The summed E-state index contributed by atoms with van der Waals surface area (Å²) in [5.74, 6) is 1.15. The maximum Gasteiger partial charge on any atom is 0.270 e. The van der Waals surface area contributed by atoms with Gasteiger partial charge in [-0.05, 0) is 42.5 Å². The first-order chi connectivity index (χ1) is 14.9. The SMILES string of the molecule is COc1ccc(N2C(=O)/C(=C\c3ccc(-c4cc([N+](=O)[O-])ccc4Cl)o3)SC2=S)cc1. The maximum absolute atomic E-state index is 12.9. The highest BCUT2D eigenvalue weighted by Gasteiger charge is 2.33. The molecule has 0 atom stereocenters. The Morgan fingerprint density at radius 3 is 2.61 bits per heavy atom. The van der Waals surface area contributed by atoms with Gasteiger partial charge in [0.05, 0.1) is 27.6 Å². The van der Waals surface area contributed by atoms with Crippen LogP contribution in [-0.2, 0) is 4.79 Å². The van der Waals surface area contributed by atoms with E-state index < -0.39 is 4.92 Å². The molecule has 0 saturated carbocycles. The summed E-state index contributed by atoms with van der Waals surface area (Å²) in [5.41, 5.74) is 0.925. The Morgan fingerprint density at radius 2 is 1.94 bits per heavy atom. The lowest BCUT2D eigenvalue weighted by atomic mass is 10.1. The first-order valence-corrected chi connectivity index (χ1v) is 10.4.